The number of benzene rings is 2. The van der Waals surface area contributed by atoms with Crippen LogP contribution in [0.25, 0.3) is 0 Å². The summed E-state index contributed by atoms with van der Waals surface area (Å²) in [5, 5.41) is 8.94. The van der Waals surface area contributed by atoms with Crippen LogP contribution in [-0.4, -0.2) is 16.9 Å². The Balaban J connectivity index is 1.63. The fourth-order valence-electron chi connectivity index (χ4n) is 2.94. The van der Waals surface area contributed by atoms with Crippen molar-refractivity contribution in [3.05, 3.63) is 59.2 Å². The summed E-state index contributed by atoms with van der Waals surface area (Å²) in [6.07, 6.45) is 1.91. The van der Waals surface area contributed by atoms with Crippen LogP contribution in [0.4, 0.5) is 11.4 Å². The first-order valence-electron chi connectivity index (χ1n) is 9.78. The minimum Gasteiger partial charge on any atom is -0.332 e. The van der Waals surface area contributed by atoms with Crippen LogP contribution in [0.3, 0.4) is 0 Å². The van der Waals surface area contributed by atoms with Crippen molar-refractivity contribution in [2.75, 3.05) is 10.6 Å². The maximum absolute atomic E-state index is 12.5. The van der Waals surface area contributed by atoms with Crippen LogP contribution in [0.15, 0.2) is 42.5 Å². The van der Waals surface area contributed by atoms with Crippen molar-refractivity contribution >= 4 is 40.5 Å². The number of carbonyl (C=O) groups excluding carboxylic acids is 2. The highest BCUT2D eigenvalue weighted by atomic mass is 32.1. The van der Waals surface area contributed by atoms with Gasteiger partial charge in [0.2, 0.25) is 5.91 Å². The Kier molecular flexibility index (Phi) is 6.03. The second-order valence-corrected chi connectivity index (χ2v) is 8.89. The molecule has 0 spiro atoms. The van der Waals surface area contributed by atoms with E-state index in [1.165, 1.54) is 0 Å². The zero-order valence-electron chi connectivity index (χ0n) is 17.3. The molecule has 1 fully saturated rings. The van der Waals surface area contributed by atoms with Gasteiger partial charge in [0.1, 0.15) is 0 Å². The molecule has 0 atom stereocenters. The summed E-state index contributed by atoms with van der Waals surface area (Å²) in [7, 11) is 0. The molecule has 0 bridgehead atoms. The zero-order valence-corrected chi connectivity index (χ0v) is 18.1. The van der Waals surface area contributed by atoms with Gasteiger partial charge < -0.3 is 10.6 Å². The standard InChI is InChI=1S/C23H27N3O2S/c1-14-18(24-20(27)15-8-9-15)6-5-7-19(14)25-22(29)26-21(28)16-10-12-17(13-11-16)23(2,3)4/h5-7,10-13,15H,8-9H2,1-4H3,(H,24,27)(H2,25,26,28,29). The van der Waals surface area contributed by atoms with Crippen LogP contribution in [-0.2, 0) is 10.2 Å². The first-order valence-corrected chi connectivity index (χ1v) is 10.2. The number of amides is 2. The van der Waals surface area contributed by atoms with Crippen molar-refractivity contribution in [3.8, 4) is 0 Å². The third-order valence-electron chi connectivity index (χ3n) is 5.03. The van der Waals surface area contributed by atoms with Crippen molar-refractivity contribution in [3.63, 3.8) is 0 Å². The van der Waals surface area contributed by atoms with Gasteiger partial charge in [0.15, 0.2) is 5.11 Å². The summed E-state index contributed by atoms with van der Waals surface area (Å²) in [6, 6.07) is 13.1. The maximum atomic E-state index is 12.5. The van der Waals surface area contributed by atoms with Crippen LogP contribution in [0.2, 0.25) is 0 Å². The highest BCUT2D eigenvalue weighted by Crippen LogP contribution is 2.31. The van der Waals surface area contributed by atoms with Crippen molar-refractivity contribution in [1.29, 1.82) is 0 Å². The fraction of sp³-hybridized carbons (Fsp3) is 0.348. The predicted octanol–water partition coefficient (Wildman–Crippen LogP) is 4.77. The van der Waals surface area contributed by atoms with Crippen LogP contribution < -0.4 is 16.0 Å². The summed E-state index contributed by atoms with van der Waals surface area (Å²) in [4.78, 5) is 24.5. The smallest absolute Gasteiger partial charge is 0.257 e. The second-order valence-electron chi connectivity index (χ2n) is 8.48. The summed E-state index contributed by atoms with van der Waals surface area (Å²) in [5.74, 6) is -0.0744. The summed E-state index contributed by atoms with van der Waals surface area (Å²) >= 11 is 5.31. The van der Waals surface area contributed by atoms with E-state index in [1.807, 2.05) is 37.3 Å². The highest BCUT2D eigenvalue weighted by Gasteiger charge is 2.29. The van der Waals surface area contributed by atoms with Crippen LogP contribution in [0.1, 0.15) is 55.1 Å². The molecule has 1 aliphatic carbocycles. The third kappa shape index (κ3) is 5.41. The molecule has 2 amide bonds. The second kappa shape index (κ2) is 8.33. The van der Waals surface area contributed by atoms with Gasteiger partial charge in [-0.25, -0.2) is 0 Å². The number of hydrogen-bond donors (Lipinski definition) is 3. The lowest BCUT2D eigenvalue weighted by molar-refractivity contribution is -0.117. The monoisotopic (exact) mass is 409 g/mol. The molecule has 2 aromatic carbocycles. The van der Waals surface area contributed by atoms with E-state index in [0.717, 1.165) is 35.3 Å². The van der Waals surface area contributed by atoms with E-state index in [2.05, 4.69) is 36.7 Å². The highest BCUT2D eigenvalue weighted by molar-refractivity contribution is 7.80. The molecule has 2 aromatic rings. The Morgan fingerprint density at radius 1 is 0.966 bits per heavy atom. The van der Waals surface area contributed by atoms with Gasteiger partial charge in [-0.05, 0) is 72.8 Å². The van der Waals surface area contributed by atoms with Gasteiger partial charge in [-0.15, -0.1) is 0 Å². The maximum Gasteiger partial charge on any atom is 0.257 e. The molecule has 1 saturated carbocycles. The molecular weight excluding hydrogens is 382 g/mol. The van der Waals surface area contributed by atoms with Gasteiger partial charge >= 0.3 is 0 Å². The average Bonchev–Trinajstić information content (AvgIpc) is 3.49. The van der Waals surface area contributed by atoms with Crippen molar-refractivity contribution in [1.82, 2.24) is 5.32 Å². The molecule has 152 valence electrons. The SMILES string of the molecule is Cc1c(NC(=O)C2CC2)cccc1NC(=S)NC(=O)c1ccc(C(C)(C)C)cc1. The molecule has 0 radical (unpaired) electrons. The number of rotatable bonds is 4. The largest absolute Gasteiger partial charge is 0.332 e. The van der Waals surface area contributed by atoms with Gasteiger partial charge in [0.25, 0.3) is 5.91 Å². The topological polar surface area (TPSA) is 70.2 Å². The average molecular weight is 410 g/mol. The molecule has 0 unspecified atom stereocenters. The predicted molar refractivity (Wildman–Crippen MR) is 121 cm³/mol. The molecule has 6 heteroatoms. The lowest BCUT2D eigenvalue weighted by atomic mass is 9.87. The molecule has 0 aromatic heterocycles. The van der Waals surface area contributed by atoms with Crippen LogP contribution >= 0.6 is 12.2 Å². The Hall–Kier alpha value is -2.73. The Morgan fingerprint density at radius 3 is 2.10 bits per heavy atom. The molecule has 29 heavy (non-hydrogen) atoms. The Bertz CT molecular complexity index is 942. The van der Waals surface area contributed by atoms with Crippen LogP contribution in [0.5, 0.6) is 0 Å². The molecule has 0 saturated heterocycles. The lowest BCUT2D eigenvalue weighted by Gasteiger charge is -2.19. The molecule has 1 aliphatic rings. The molecule has 3 rings (SSSR count). The quantitative estimate of drug-likeness (QED) is 0.636. The summed E-state index contributed by atoms with van der Waals surface area (Å²) in [6.45, 7) is 8.29. The van der Waals surface area contributed by atoms with Gasteiger partial charge in [-0.3, -0.25) is 14.9 Å². The van der Waals surface area contributed by atoms with Gasteiger partial charge in [-0.1, -0.05) is 39.0 Å². The van der Waals surface area contributed by atoms with Gasteiger partial charge in [0, 0.05) is 22.9 Å². The molecular formula is C23H27N3O2S. The summed E-state index contributed by atoms with van der Waals surface area (Å²) < 4.78 is 0. The molecule has 0 heterocycles. The van der Waals surface area contributed by atoms with Crippen molar-refractivity contribution in [2.45, 2.75) is 46.0 Å². The third-order valence-corrected chi connectivity index (χ3v) is 5.23. The number of nitrogens with one attached hydrogen (secondary N) is 3. The van der Waals surface area contributed by atoms with Gasteiger partial charge in [-0.2, -0.15) is 0 Å². The summed E-state index contributed by atoms with van der Waals surface area (Å²) in [5.41, 5.74) is 4.10. The number of carbonyl (C=O) groups is 2. The number of anilines is 2. The Morgan fingerprint density at radius 2 is 1.55 bits per heavy atom. The van der Waals surface area contributed by atoms with E-state index < -0.39 is 0 Å². The van der Waals surface area contributed by atoms with E-state index in [9.17, 15) is 9.59 Å². The number of thiocarbonyl (C=S) groups is 1. The van der Waals surface area contributed by atoms with E-state index in [1.54, 1.807) is 12.1 Å². The number of hydrogen-bond acceptors (Lipinski definition) is 3. The van der Waals surface area contributed by atoms with Gasteiger partial charge in [0.05, 0.1) is 0 Å². The fourth-order valence-corrected chi connectivity index (χ4v) is 3.14. The van der Waals surface area contributed by atoms with E-state index in [-0.39, 0.29) is 28.3 Å². The molecule has 0 aliphatic heterocycles. The Labute approximate surface area is 177 Å². The van der Waals surface area contributed by atoms with E-state index in [4.69, 9.17) is 12.2 Å². The molecule has 5 nitrogen and oxygen atoms in total. The zero-order chi connectivity index (χ0) is 21.2. The van der Waals surface area contributed by atoms with Crippen molar-refractivity contribution in [2.24, 2.45) is 5.92 Å². The molecule has 3 N–H and O–H groups in total. The minimum atomic E-state index is -0.265. The van der Waals surface area contributed by atoms with Crippen molar-refractivity contribution < 1.29 is 9.59 Å². The van der Waals surface area contributed by atoms with E-state index >= 15 is 0 Å². The first-order chi connectivity index (χ1) is 13.6. The lowest BCUT2D eigenvalue weighted by Crippen LogP contribution is -2.34. The van der Waals surface area contributed by atoms with E-state index in [0.29, 0.717) is 5.56 Å². The van der Waals surface area contributed by atoms with Crippen LogP contribution in [0, 0.1) is 12.8 Å². The normalized spacial score (nSPS) is 13.5. The first kappa shape index (κ1) is 21.0. The minimum absolute atomic E-state index is 0.0311.